The van der Waals surface area contributed by atoms with Crippen molar-refractivity contribution >= 4 is 11.8 Å². The average Bonchev–Trinajstić information content (AvgIpc) is 3.29. The van der Waals surface area contributed by atoms with Crippen molar-refractivity contribution in [2.75, 3.05) is 43.0 Å². The summed E-state index contributed by atoms with van der Waals surface area (Å²) in [4.78, 5) is 21.4. The Bertz CT molecular complexity index is 751. The minimum atomic E-state index is 0.601. The van der Waals surface area contributed by atoms with Crippen molar-refractivity contribution in [3.63, 3.8) is 0 Å². The summed E-state index contributed by atoms with van der Waals surface area (Å²) in [6.45, 7) is 7.38. The number of nitrogens with zero attached hydrogens (tertiary/aromatic N) is 6. The van der Waals surface area contributed by atoms with E-state index in [1.54, 1.807) is 0 Å². The summed E-state index contributed by atoms with van der Waals surface area (Å²) in [5.74, 6) is 2.04. The van der Waals surface area contributed by atoms with Crippen molar-refractivity contribution in [1.82, 2.24) is 19.9 Å². The molecule has 2 aliphatic rings. The van der Waals surface area contributed by atoms with E-state index < -0.39 is 0 Å². The summed E-state index contributed by atoms with van der Waals surface area (Å²) >= 11 is 0. The molecule has 0 bridgehead atoms. The maximum absolute atomic E-state index is 4.94. The SMILES string of the molecule is CCc1cc(N2CCC(N(C)Cc3ccccn3)CC2)nc(N2CCCC2)n1. The molecule has 2 saturated heterocycles. The van der Waals surface area contributed by atoms with Crippen molar-refractivity contribution in [3.8, 4) is 0 Å². The summed E-state index contributed by atoms with van der Waals surface area (Å²) in [5, 5.41) is 0. The zero-order valence-electron chi connectivity index (χ0n) is 17.2. The van der Waals surface area contributed by atoms with Gasteiger partial charge in [-0.15, -0.1) is 0 Å². The van der Waals surface area contributed by atoms with Crippen LogP contribution in [0.5, 0.6) is 0 Å². The molecule has 6 heteroatoms. The number of rotatable bonds is 6. The average molecular weight is 381 g/mol. The van der Waals surface area contributed by atoms with E-state index >= 15 is 0 Å². The van der Waals surface area contributed by atoms with Crippen molar-refractivity contribution in [3.05, 3.63) is 41.9 Å². The number of hydrogen-bond donors (Lipinski definition) is 0. The highest BCUT2D eigenvalue weighted by molar-refractivity contribution is 5.47. The van der Waals surface area contributed by atoms with Gasteiger partial charge < -0.3 is 9.80 Å². The zero-order chi connectivity index (χ0) is 19.3. The molecule has 28 heavy (non-hydrogen) atoms. The Kier molecular flexibility index (Phi) is 6.05. The Morgan fingerprint density at radius 3 is 2.46 bits per heavy atom. The third-order valence-electron chi connectivity index (χ3n) is 6.05. The van der Waals surface area contributed by atoms with Crippen LogP contribution in [0.3, 0.4) is 0 Å². The second-order valence-electron chi connectivity index (χ2n) is 8.02. The predicted octanol–water partition coefficient (Wildman–Crippen LogP) is 3.14. The quantitative estimate of drug-likeness (QED) is 0.767. The molecule has 0 spiro atoms. The molecule has 0 saturated carbocycles. The molecular formula is C22H32N6. The van der Waals surface area contributed by atoms with Gasteiger partial charge in [-0.3, -0.25) is 9.88 Å². The lowest BCUT2D eigenvalue weighted by molar-refractivity contribution is 0.198. The molecule has 0 aliphatic carbocycles. The van der Waals surface area contributed by atoms with Gasteiger partial charge in [0, 0.05) is 56.7 Å². The molecule has 2 aliphatic heterocycles. The van der Waals surface area contributed by atoms with Crippen LogP contribution in [-0.2, 0) is 13.0 Å². The minimum Gasteiger partial charge on any atom is -0.356 e. The van der Waals surface area contributed by atoms with Gasteiger partial charge in [-0.05, 0) is 51.3 Å². The first-order valence-corrected chi connectivity index (χ1v) is 10.7. The van der Waals surface area contributed by atoms with Crippen LogP contribution in [0.1, 0.15) is 44.0 Å². The van der Waals surface area contributed by atoms with Gasteiger partial charge in [-0.25, -0.2) is 4.98 Å². The molecule has 0 atom stereocenters. The van der Waals surface area contributed by atoms with Gasteiger partial charge in [-0.2, -0.15) is 4.98 Å². The van der Waals surface area contributed by atoms with Crippen molar-refractivity contribution in [1.29, 1.82) is 0 Å². The van der Waals surface area contributed by atoms with Crippen molar-refractivity contribution in [2.45, 2.75) is 51.6 Å². The lowest BCUT2D eigenvalue weighted by atomic mass is 10.0. The van der Waals surface area contributed by atoms with Crippen molar-refractivity contribution in [2.24, 2.45) is 0 Å². The van der Waals surface area contributed by atoms with Crippen molar-refractivity contribution < 1.29 is 0 Å². The van der Waals surface area contributed by atoms with Crippen LogP contribution >= 0.6 is 0 Å². The van der Waals surface area contributed by atoms with E-state index in [-0.39, 0.29) is 0 Å². The number of piperidine rings is 1. The molecule has 0 N–H and O–H groups in total. The molecule has 4 heterocycles. The summed E-state index contributed by atoms with van der Waals surface area (Å²) in [5.41, 5.74) is 2.30. The molecule has 0 unspecified atom stereocenters. The lowest BCUT2D eigenvalue weighted by Crippen LogP contribution is -2.43. The monoisotopic (exact) mass is 380 g/mol. The highest BCUT2D eigenvalue weighted by Gasteiger charge is 2.25. The highest BCUT2D eigenvalue weighted by Crippen LogP contribution is 2.25. The second kappa shape index (κ2) is 8.86. The van der Waals surface area contributed by atoms with Gasteiger partial charge in [0.25, 0.3) is 0 Å². The molecular weight excluding hydrogens is 348 g/mol. The van der Waals surface area contributed by atoms with Crippen LogP contribution in [0.25, 0.3) is 0 Å². The largest absolute Gasteiger partial charge is 0.356 e. The fourth-order valence-corrected chi connectivity index (χ4v) is 4.28. The van der Waals surface area contributed by atoms with Crippen LogP contribution in [0.2, 0.25) is 0 Å². The maximum Gasteiger partial charge on any atom is 0.227 e. The normalized spacial score (nSPS) is 18.2. The Labute approximate surface area is 168 Å². The molecule has 2 aromatic rings. The minimum absolute atomic E-state index is 0.601. The predicted molar refractivity (Wildman–Crippen MR) is 114 cm³/mol. The van der Waals surface area contributed by atoms with Crippen LogP contribution < -0.4 is 9.80 Å². The maximum atomic E-state index is 4.94. The Hall–Kier alpha value is -2.21. The molecule has 6 nitrogen and oxygen atoms in total. The van der Waals surface area contributed by atoms with Gasteiger partial charge in [0.05, 0.1) is 5.69 Å². The summed E-state index contributed by atoms with van der Waals surface area (Å²) in [7, 11) is 2.22. The van der Waals surface area contributed by atoms with E-state index in [1.807, 2.05) is 12.3 Å². The van der Waals surface area contributed by atoms with Gasteiger partial charge in [0.1, 0.15) is 5.82 Å². The van der Waals surface area contributed by atoms with Crippen LogP contribution in [0.4, 0.5) is 11.8 Å². The first-order chi connectivity index (χ1) is 13.7. The van der Waals surface area contributed by atoms with E-state index in [1.165, 1.54) is 12.8 Å². The summed E-state index contributed by atoms with van der Waals surface area (Å²) < 4.78 is 0. The first-order valence-electron chi connectivity index (χ1n) is 10.7. The van der Waals surface area contributed by atoms with Gasteiger partial charge in [-0.1, -0.05) is 13.0 Å². The van der Waals surface area contributed by atoms with E-state index in [9.17, 15) is 0 Å². The second-order valence-corrected chi connectivity index (χ2v) is 8.02. The smallest absolute Gasteiger partial charge is 0.227 e. The zero-order valence-corrected chi connectivity index (χ0v) is 17.2. The summed E-state index contributed by atoms with van der Waals surface area (Å²) in [6.07, 6.45) is 7.66. The Balaban J connectivity index is 1.39. The standard InChI is InChI=1S/C22H32N6/c1-3-18-16-21(25-22(24-18)28-12-6-7-13-28)27-14-9-20(10-15-27)26(2)17-19-8-4-5-11-23-19/h4-5,8,11,16,20H,3,6-7,9-10,12-15,17H2,1-2H3. The van der Waals surface area contributed by atoms with Crippen LogP contribution in [0, 0.1) is 0 Å². The Morgan fingerprint density at radius 2 is 1.79 bits per heavy atom. The number of hydrogen-bond acceptors (Lipinski definition) is 6. The van der Waals surface area contributed by atoms with E-state index in [0.29, 0.717) is 6.04 Å². The fourth-order valence-electron chi connectivity index (χ4n) is 4.28. The van der Waals surface area contributed by atoms with E-state index in [0.717, 1.165) is 75.1 Å². The third kappa shape index (κ3) is 4.43. The third-order valence-corrected chi connectivity index (χ3v) is 6.05. The Morgan fingerprint density at radius 1 is 1.00 bits per heavy atom. The topological polar surface area (TPSA) is 48.4 Å². The fraction of sp³-hybridized carbons (Fsp3) is 0.591. The molecule has 4 rings (SSSR count). The molecule has 2 fully saturated rings. The molecule has 0 radical (unpaired) electrons. The number of anilines is 2. The number of aromatic nitrogens is 3. The van der Waals surface area contributed by atoms with Crippen LogP contribution in [-0.4, -0.2) is 59.1 Å². The lowest BCUT2D eigenvalue weighted by Gasteiger charge is -2.37. The molecule has 2 aromatic heterocycles. The van der Waals surface area contributed by atoms with E-state index in [4.69, 9.17) is 9.97 Å². The van der Waals surface area contributed by atoms with Gasteiger partial charge in [0.15, 0.2) is 0 Å². The molecule has 0 aromatic carbocycles. The van der Waals surface area contributed by atoms with E-state index in [2.05, 4.69) is 51.9 Å². The number of pyridine rings is 1. The first kappa shape index (κ1) is 19.1. The van der Waals surface area contributed by atoms with Gasteiger partial charge in [0.2, 0.25) is 5.95 Å². The van der Waals surface area contributed by atoms with Gasteiger partial charge >= 0.3 is 0 Å². The highest BCUT2D eigenvalue weighted by atomic mass is 15.3. The molecule has 150 valence electrons. The molecule has 0 amide bonds. The summed E-state index contributed by atoms with van der Waals surface area (Å²) in [6, 6.07) is 8.95. The van der Waals surface area contributed by atoms with Crippen LogP contribution in [0.15, 0.2) is 30.5 Å². The number of aryl methyl sites for hydroxylation is 1.